The van der Waals surface area contributed by atoms with E-state index >= 15 is 0 Å². The van der Waals surface area contributed by atoms with Crippen molar-refractivity contribution < 1.29 is 4.74 Å². The van der Waals surface area contributed by atoms with Crippen molar-refractivity contribution in [3.05, 3.63) is 35.1 Å². The van der Waals surface area contributed by atoms with Crippen LogP contribution in [0.4, 0.5) is 5.95 Å². The van der Waals surface area contributed by atoms with Crippen LogP contribution in [0.1, 0.15) is 12.2 Å². The molecular formula is C14H18ClN5O. The van der Waals surface area contributed by atoms with Gasteiger partial charge in [0, 0.05) is 24.7 Å². The lowest BCUT2D eigenvalue weighted by molar-refractivity contribution is 0.296. The molecule has 2 heterocycles. The summed E-state index contributed by atoms with van der Waals surface area (Å²) in [5.74, 6) is 2.17. The summed E-state index contributed by atoms with van der Waals surface area (Å²) in [4.78, 5) is 6.67. The molecule has 3 rings (SSSR count). The second-order valence-corrected chi connectivity index (χ2v) is 5.36. The highest BCUT2D eigenvalue weighted by Crippen LogP contribution is 2.18. The number of hydrogen-bond acceptors (Lipinski definition) is 5. The molecule has 0 spiro atoms. The van der Waals surface area contributed by atoms with Gasteiger partial charge in [-0.1, -0.05) is 17.7 Å². The van der Waals surface area contributed by atoms with Crippen molar-refractivity contribution in [2.45, 2.75) is 13.0 Å². The molecule has 2 aromatic rings. The van der Waals surface area contributed by atoms with Crippen molar-refractivity contribution in [2.24, 2.45) is 0 Å². The number of anilines is 1. The lowest BCUT2D eigenvalue weighted by Crippen LogP contribution is -2.28. The summed E-state index contributed by atoms with van der Waals surface area (Å²) in [5.41, 5.74) is 0. The smallest absolute Gasteiger partial charge is 0.244 e. The van der Waals surface area contributed by atoms with Gasteiger partial charge in [-0.3, -0.25) is 5.10 Å². The summed E-state index contributed by atoms with van der Waals surface area (Å²) in [7, 11) is 0. The quantitative estimate of drug-likeness (QED) is 0.902. The van der Waals surface area contributed by atoms with E-state index in [2.05, 4.69) is 25.4 Å². The number of hydrogen-bond donors (Lipinski definition) is 2. The molecule has 1 aliphatic rings. The molecule has 112 valence electrons. The van der Waals surface area contributed by atoms with Gasteiger partial charge < -0.3 is 15.0 Å². The molecule has 0 aliphatic carbocycles. The van der Waals surface area contributed by atoms with Crippen LogP contribution in [0.15, 0.2) is 24.3 Å². The minimum Gasteiger partial charge on any atom is -0.486 e. The van der Waals surface area contributed by atoms with Gasteiger partial charge in [-0.15, -0.1) is 5.10 Å². The number of benzene rings is 1. The lowest BCUT2D eigenvalue weighted by Gasteiger charge is -2.16. The van der Waals surface area contributed by atoms with Gasteiger partial charge in [-0.25, -0.2) is 0 Å². The van der Waals surface area contributed by atoms with Gasteiger partial charge in [0.05, 0.1) is 0 Å². The lowest BCUT2D eigenvalue weighted by atomic mass is 10.3. The van der Waals surface area contributed by atoms with E-state index in [-0.39, 0.29) is 0 Å². The molecule has 6 nitrogen and oxygen atoms in total. The molecule has 1 fully saturated rings. The van der Waals surface area contributed by atoms with Crippen LogP contribution in [0, 0.1) is 0 Å². The van der Waals surface area contributed by atoms with Crippen molar-refractivity contribution in [3.8, 4) is 5.75 Å². The number of aromatic nitrogens is 3. The Balaban J connectivity index is 1.59. The molecule has 0 saturated carbocycles. The maximum Gasteiger partial charge on any atom is 0.244 e. The van der Waals surface area contributed by atoms with Crippen LogP contribution in [-0.2, 0) is 6.61 Å². The van der Waals surface area contributed by atoms with Crippen LogP contribution in [0.2, 0.25) is 5.02 Å². The molecule has 0 atom stereocenters. The molecule has 0 amide bonds. The zero-order valence-corrected chi connectivity index (χ0v) is 12.4. The fourth-order valence-electron chi connectivity index (χ4n) is 2.25. The van der Waals surface area contributed by atoms with E-state index in [0.29, 0.717) is 17.5 Å². The average molecular weight is 308 g/mol. The van der Waals surface area contributed by atoms with E-state index in [9.17, 15) is 0 Å². The monoisotopic (exact) mass is 307 g/mol. The van der Waals surface area contributed by atoms with E-state index in [4.69, 9.17) is 16.3 Å². The molecule has 1 aromatic heterocycles. The van der Waals surface area contributed by atoms with Crippen LogP contribution in [0.25, 0.3) is 0 Å². The summed E-state index contributed by atoms with van der Waals surface area (Å²) in [5, 5.41) is 11.2. The molecule has 0 unspecified atom stereocenters. The highest BCUT2D eigenvalue weighted by atomic mass is 35.5. The molecule has 1 aromatic carbocycles. The van der Waals surface area contributed by atoms with Crippen molar-refractivity contribution >= 4 is 17.5 Å². The van der Waals surface area contributed by atoms with Crippen LogP contribution < -0.4 is 15.0 Å². The largest absolute Gasteiger partial charge is 0.486 e. The molecule has 2 N–H and O–H groups in total. The summed E-state index contributed by atoms with van der Waals surface area (Å²) >= 11 is 5.92. The van der Waals surface area contributed by atoms with Gasteiger partial charge in [-0.2, -0.15) is 4.98 Å². The molecule has 7 heteroatoms. The molecule has 21 heavy (non-hydrogen) atoms. The third-order valence-electron chi connectivity index (χ3n) is 3.31. The van der Waals surface area contributed by atoms with Crippen LogP contribution in [0.5, 0.6) is 5.75 Å². The van der Waals surface area contributed by atoms with Crippen molar-refractivity contribution in [3.63, 3.8) is 0 Å². The minimum atomic E-state index is 0.347. The van der Waals surface area contributed by atoms with Crippen LogP contribution >= 0.6 is 11.6 Å². The predicted molar refractivity (Wildman–Crippen MR) is 81.9 cm³/mol. The first-order valence-electron chi connectivity index (χ1n) is 7.06. The third kappa shape index (κ3) is 3.86. The predicted octanol–water partition coefficient (Wildman–Crippen LogP) is 1.84. The maximum atomic E-state index is 5.92. The Hall–Kier alpha value is -1.79. The second-order valence-electron chi connectivity index (χ2n) is 4.92. The molecule has 1 aliphatic heterocycles. The van der Waals surface area contributed by atoms with Gasteiger partial charge in [0.2, 0.25) is 5.95 Å². The van der Waals surface area contributed by atoms with Crippen molar-refractivity contribution in [1.82, 2.24) is 20.5 Å². The summed E-state index contributed by atoms with van der Waals surface area (Å²) in [6.45, 7) is 4.25. The Kier molecular flexibility index (Phi) is 4.57. The van der Waals surface area contributed by atoms with E-state index in [1.807, 2.05) is 18.2 Å². The first-order valence-corrected chi connectivity index (χ1v) is 7.44. The number of ether oxygens (including phenoxy) is 1. The Morgan fingerprint density at radius 2 is 2.24 bits per heavy atom. The standard InChI is InChI=1S/C14H18ClN5O/c15-11-3-1-4-12(9-11)21-10-13-17-14(19-18-13)20-7-2-5-16-6-8-20/h1,3-4,9,16H,2,5-8,10H2,(H,17,18,19). The molecule has 0 bridgehead atoms. The normalized spacial score (nSPS) is 15.8. The van der Waals surface area contributed by atoms with E-state index in [1.165, 1.54) is 0 Å². The van der Waals surface area contributed by atoms with Gasteiger partial charge in [0.25, 0.3) is 0 Å². The maximum absolute atomic E-state index is 5.92. The zero-order valence-electron chi connectivity index (χ0n) is 11.7. The molecular weight excluding hydrogens is 290 g/mol. The van der Waals surface area contributed by atoms with Crippen molar-refractivity contribution in [1.29, 1.82) is 0 Å². The van der Waals surface area contributed by atoms with E-state index < -0.39 is 0 Å². The Bertz CT molecular complexity index is 580. The highest BCUT2D eigenvalue weighted by Gasteiger charge is 2.14. The number of nitrogens with zero attached hydrogens (tertiary/aromatic N) is 3. The van der Waals surface area contributed by atoms with Crippen LogP contribution in [0.3, 0.4) is 0 Å². The van der Waals surface area contributed by atoms with Crippen LogP contribution in [-0.4, -0.2) is 41.4 Å². The zero-order chi connectivity index (χ0) is 14.5. The van der Waals surface area contributed by atoms with Gasteiger partial charge in [0.1, 0.15) is 12.4 Å². The molecule has 0 radical (unpaired) electrons. The summed E-state index contributed by atoms with van der Waals surface area (Å²) < 4.78 is 5.65. The number of nitrogens with one attached hydrogen (secondary N) is 2. The Labute approximate surface area is 128 Å². The van der Waals surface area contributed by atoms with Gasteiger partial charge >= 0.3 is 0 Å². The minimum absolute atomic E-state index is 0.347. The topological polar surface area (TPSA) is 66.1 Å². The van der Waals surface area contributed by atoms with Gasteiger partial charge in [-0.05, 0) is 31.2 Å². The Morgan fingerprint density at radius 1 is 1.29 bits per heavy atom. The number of halogens is 1. The average Bonchev–Trinajstić information content (AvgIpc) is 2.79. The van der Waals surface area contributed by atoms with Gasteiger partial charge in [0.15, 0.2) is 5.82 Å². The fourth-order valence-corrected chi connectivity index (χ4v) is 2.43. The van der Waals surface area contributed by atoms with E-state index in [0.717, 1.165) is 44.3 Å². The molecule has 1 saturated heterocycles. The first kappa shape index (κ1) is 14.2. The Morgan fingerprint density at radius 3 is 3.14 bits per heavy atom. The number of aromatic amines is 1. The SMILES string of the molecule is Clc1cccc(OCc2nc(N3CCCNCC3)n[nH]2)c1. The number of rotatable bonds is 4. The fraction of sp³-hybridized carbons (Fsp3) is 0.429. The summed E-state index contributed by atoms with van der Waals surface area (Å²) in [6, 6.07) is 7.31. The number of H-pyrrole nitrogens is 1. The first-order chi connectivity index (χ1) is 10.3. The highest BCUT2D eigenvalue weighted by molar-refractivity contribution is 6.30. The summed E-state index contributed by atoms with van der Waals surface area (Å²) in [6.07, 6.45) is 1.10. The second kappa shape index (κ2) is 6.78. The van der Waals surface area contributed by atoms with Crippen molar-refractivity contribution in [2.75, 3.05) is 31.1 Å². The van der Waals surface area contributed by atoms with E-state index in [1.54, 1.807) is 6.07 Å². The third-order valence-corrected chi connectivity index (χ3v) is 3.55.